The second kappa shape index (κ2) is 8.25. The number of amides is 1. The molecule has 0 aromatic heterocycles. The van der Waals surface area contributed by atoms with Gasteiger partial charge in [0.25, 0.3) is 0 Å². The van der Waals surface area contributed by atoms with E-state index < -0.39 is 17.7 Å². The molecule has 0 fully saturated rings. The molecule has 130 valence electrons. The zero-order valence-corrected chi connectivity index (χ0v) is 14.8. The maximum absolute atomic E-state index is 11.7. The third kappa shape index (κ3) is 6.21. The fourth-order valence-corrected chi connectivity index (χ4v) is 1.84. The zero-order chi connectivity index (χ0) is 18.3. The van der Waals surface area contributed by atoms with Crippen molar-refractivity contribution in [2.45, 2.75) is 39.7 Å². The molecule has 0 radical (unpaired) electrons. The lowest BCUT2D eigenvalue weighted by molar-refractivity contribution is 0.0527. The summed E-state index contributed by atoms with van der Waals surface area (Å²) in [7, 11) is 1.32. The number of nitrogens with one attached hydrogen (secondary N) is 1. The Balaban J connectivity index is 2.66. The Morgan fingerprint density at radius 3 is 2.54 bits per heavy atom. The number of ether oxygens (including phenoxy) is 2. The van der Waals surface area contributed by atoms with Crippen LogP contribution in [0.4, 0.5) is 10.5 Å². The van der Waals surface area contributed by atoms with Crippen LogP contribution in [0.5, 0.6) is 0 Å². The highest BCUT2D eigenvalue weighted by atomic mass is 16.6. The molecule has 0 aliphatic carbocycles. The van der Waals surface area contributed by atoms with Crippen molar-refractivity contribution >= 4 is 17.7 Å². The van der Waals surface area contributed by atoms with E-state index in [-0.39, 0.29) is 0 Å². The molecule has 1 amide bonds. The van der Waals surface area contributed by atoms with Gasteiger partial charge in [-0.15, -0.1) is 0 Å². The topological polar surface area (TPSA) is 90.6 Å². The molecule has 0 spiro atoms. The molecule has 0 unspecified atom stereocenters. The molecule has 0 aliphatic rings. The van der Waals surface area contributed by atoms with Gasteiger partial charge in [0.1, 0.15) is 5.60 Å². The molecule has 6 heteroatoms. The van der Waals surface area contributed by atoms with Crippen LogP contribution in [-0.2, 0) is 9.47 Å². The predicted molar refractivity (Wildman–Crippen MR) is 92.7 cm³/mol. The minimum atomic E-state index is -0.528. The number of hydrogen-bond donors (Lipinski definition) is 2. The van der Waals surface area contributed by atoms with Crippen LogP contribution in [0.25, 0.3) is 0 Å². The average Bonchev–Trinajstić information content (AvgIpc) is 2.47. The molecule has 3 N–H and O–H groups in total. The van der Waals surface area contributed by atoms with E-state index in [4.69, 9.17) is 15.2 Å². The van der Waals surface area contributed by atoms with Gasteiger partial charge in [-0.1, -0.05) is 11.8 Å². The highest BCUT2D eigenvalue weighted by Crippen LogP contribution is 2.19. The van der Waals surface area contributed by atoms with Crippen LogP contribution >= 0.6 is 0 Å². The highest BCUT2D eigenvalue weighted by molar-refractivity contribution is 5.93. The summed E-state index contributed by atoms with van der Waals surface area (Å²) in [6.45, 7) is 7.52. The minimum absolute atomic E-state index is 0.368. The van der Waals surface area contributed by atoms with Crippen molar-refractivity contribution in [2.75, 3.05) is 19.4 Å². The number of carbonyl (C=O) groups excluding carboxylic acids is 2. The monoisotopic (exact) mass is 332 g/mol. The number of methoxy groups -OCH3 is 1. The van der Waals surface area contributed by atoms with E-state index in [1.165, 1.54) is 7.11 Å². The summed E-state index contributed by atoms with van der Waals surface area (Å²) in [6.07, 6.45) is -0.0301. The lowest BCUT2D eigenvalue weighted by Gasteiger charge is -2.19. The van der Waals surface area contributed by atoms with Crippen LogP contribution in [0.15, 0.2) is 12.1 Å². The van der Waals surface area contributed by atoms with Crippen LogP contribution in [0.3, 0.4) is 0 Å². The Hall–Kier alpha value is -2.68. The Kier molecular flexibility index (Phi) is 6.66. The van der Waals surface area contributed by atoms with Gasteiger partial charge in [0.15, 0.2) is 0 Å². The maximum Gasteiger partial charge on any atom is 0.407 e. The van der Waals surface area contributed by atoms with Gasteiger partial charge >= 0.3 is 12.1 Å². The van der Waals surface area contributed by atoms with E-state index in [1.807, 2.05) is 0 Å². The first kappa shape index (κ1) is 19.4. The van der Waals surface area contributed by atoms with Gasteiger partial charge < -0.3 is 20.5 Å². The smallest absolute Gasteiger partial charge is 0.407 e. The fourth-order valence-electron chi connectivity index (χ4n) is 1.84. The molecule has 1 rings (SSSR count). The lowest BCUT2D eigenvalue weighted by atomic mass is 10.0. The van der Waals surface area contributed by atoms with Gasteiger partial charge in [-0.3, -0.25) is 0 Å². The number of nitrogens with two attached hydrogens (primary N) is 1. The van der Waals surface area contributed by atoms with E-state index in [0.717, 1.165) is 0 Å². The van der Waals surface area contributed by atoms with Crippen LogP contribution in [0, 0.1) is 18.8 Å². The van der Waals surface area contributed by atoms with Crippen LogP contribution in [0.1, 0.15) is 48.7 Å². The van der Waals surface area contributed by atoms with Crippen molar-refractivity contribution in [1.82, 2.24) is 5.32 Å². The number of alkyl carbamates (subject to hydrolysis) is 1. The number of esters is 1. The van der Waals surface area contributed by atoms with Gasteiger partial charge in [-0.2, -0.15) is 0 Å². The van der Waals surface area contributed by atoms with E-state index in [2.05, 4.69) is 17.2 Å². The van der Waals surface area contributed by atoms with Crippen molar-refractivity contribution in [3.8, 4) is 11.8 Å². The third-order valence-corrected chi connectivity index (χ3v) is 3.00. The molecule has 0 heterocycles. The SMILES string of the molecule is COC(=O)c1cc(C#CCCNC(=O)OC(C)(C)C)cc(N)c1C. The number of benzene rings is 1. The summed E-state index contributed by atoms with van der Waals surface area (Å²) >= 11 is 0. The third-order valence-electron chi connectivity index (χ3n) is 3.00. The predicted octanol–water partition coefficient (Wildman–Crippen LogP) is 2.63. The minimum Gasteiger partial charge on any atom is -0.465 e. The number of rotatable bonds is 3. The Morgan fingerprint density at radius 2 is 1.96 bits per heavy atom. The summed E-state index contributed by atoms with van der Waals surface area (Å²) in [5, 5.41) is 2.62. The number of nitrogen functional groups attached to an aromatic ring is 1. The van der Waals surface area contributed by atoms with Crippen molar-refractivity contribution in [1.29, 1.82) is 0 Å². The first-order valence-electron chi connectivity index (χ1n) is 7.58. The molecule has 0 saturated carbocycles. The van der Waals surface area contributed by atoms with Crippen LogP contribution in [-0.4, -0.2) is 31.3 Å². The standard InChI is InChI=1S/C18H24N2O4/c1-12-14(16(21)23-5)10-13(11-15(12)19)8-6-7-9-20-17(22)24-18(2,3)4/h10-11H,7,9,19H2,1-5H3,(H,20,22). The summed E-state index contributed by atoms with van der Waals surface area (Å²) in [5.41, 5.74) is 7.53. The molecule has 0 saturated heterocycles. The van der Waals surface area contributed by atoms with Crippen LogP contribution < -0.4 is 11.1 Å². The summed E-state index contributed by atoms with van der Waals surface area (Å²) in [4.78, 5) is 23.2. The number of carbonyl (C=O) groups is 2. The first-order valence-corrected chi connectivity index (χ1v) is 7.58. The number of hydrogen-bond acceptors (Lipinski definition) is 5. The molecule has 0 atom stereocenters. The summed E-state index contributed by atoms with van der Waals surface area (Å²) < 4.78 is 9.85. The molecule has 0 bridgehead atoms. The summed E-state index contributed by atoms with van der Waals surface area (Å²) in [5.74, 6) is 5.40. The Labute approximate surface area is 142 Å². The van der Waals surface area contributed by atoms with Gasteiger partial charge in [0, 0.05) is 24.2 Å². The largest absolute Gasteiger partial charge is 0.465 e. The lowest BCUT2D eigenvalue weighted by Crippen LogP contribution is -2.32. The Morgan fingerprint density at radius 1 is 1.29 bits per heavy atom. The molecular weight excluding hydrogens is 308 g/mol. The Bertz CT molecular complexity index is 679. The summed E-state index contributed by atoms with van der Waals surface area (Å²) in [6, 6.07) is 3.35. The van der Waals surface area contributed by atoms with Crippen molar-refractivity contribution in [2.24, 2.45) is 0 Å². The van der Waals surface area contributed by atoms with Gasteiger partial charge in [0.2, 0.25) is 0 Å². The van der Waals surface area contributed by atoms with Gasteiger partial charge in [0.05, 0.1) is 12.7 Å². The highest BCUT2D eigenvalue weighted by Gasteiger charge is 2.15. The van der Waals surface area contributed by atoms with Crippen molar-refractivity contribution < 1.29 is 19.1 Å². The molecule has 1 aromatic carbocycles. The number of anilines is 1. The van der Waals surface area contributed by atoms with Gasteiger partial charge in [-0.05, 0) is 45.4 Å². The van der Waals surface area contributed by atoms with Crippen molar-refractivity contribution in [3.63, 3.8) is 0 Å². The van der Waals surface area contributed by atoms with E-state index in [0.29, 0.717) is 35.3 Å². The van der Waals surface area contributed by atoms with Crippen molar-refractivity contribution in [3.05, 3.63) is 28.8 Å². The second-order valence-corrected chi connectivity index (χ2v) is 6.21. The maximum atomic E-state index is 11.7. The quantitative estimate of drug-likeness (QED) is 0.384. The normalized spacial score (nSPS) is 10.4. The van der Waals surface area contributed by atoms with E-state index >= 15 is 0 Å². The van der Waals surface area contributed by atoms with E-state index in [9.17, 15) is 9.59 Å². The molecule has 24 heavy (non-hydrogen) atoms. The van der Waals surface area contributed by atoms with E-state index in [1.54, 1.807) is 39.8 Å². The van der Waals surface area contributed by atoms with Gasteiger partial charge in [-0.25, -0.2) is 9.59 Å². The zero-order valence-electron chi connectivity index (χ0n) is 14.8. The average molecular weight is 332 g/mol. The fraction of sp³-hybridized carbons (Fsp3) is 0.444. The molecule has 0 aliphatic heterocycles. The molecule has 1 aromatic rings. The molecule has 6 nitrogen and oxygen atoms in total. The first-order chi connectivity index (χ1) is 11.1. The van der Waals surface area contributed by atoms with Crippen LogP contribution in [0.2, 0.25) is 0 Å². The molecular formula is C18H24N2O4. The second-order valence-electron chi connectivity index (χ2n) is 6.21.